The number of allylic oxidation sites excluding steroid dienone is 2. The van der Waals surface area contributed by atoms with Gasteiger partial charge in [-0.25, -0.2) is 4.39 Å². The van der Waals surface area contributed by atoms with Crippen molar-refractivity contribution in [1.29, 1.82) is 5.41 Å². The van der Waals surface area contributed by atoms with Crippen LogP contribution in [0.5, 0.6) is 0 Å². The fourth-order valence-corrected chi connectivity index (χ4v) is 2.97. The fourth-order valence-electron chi connectivity index (χ4n) is 2.97. The second-order valence-electron chi connectivity index (χ2n) is 6.75. The molecule has 1 amide bonds. The molecule has 3 N–H and O–H groups in total. The van der Waals surface area contributed by atoms with E-state index in [1.165, 1.54) is 19.2 Å². The van der Waals surface area contributed by atoms with E-state index in [1.54, 1.807) is 24.3 Å². The van der Waals surface area contributed by atoms with Crippen molar-refractivity contribution in [2.75, 3.05) is 12.4 Å². The van der Waals surface area contributed by atoms with E-state index in [9.17, 15) is 22.4 Å². The number of carbonyl (C=O) groups excluding carboxylic acids is 1. The summed E-state index contributed by atoms with van der Waals surface area (Å²) in [6.45, 7) is 1.85. The van der Waals surface area contributed by atoms with Crippen LogP contribution in [0, 0.1) is 18.2 Å². The van der Waals surface area contributed by atoms with Gasteiger partial charge < -0.3 is 20.6 Å². The number of anilines is 1. The second-order valence-corrected chi connectivity index (χ2v) is 6.75. The van der Waals surface area contributed by atoms with Gasteiger partial charge in [-0.2, -0.15) is 13.2 Å². The minimum Gasteiger partial charge on any atom is -0.355 e. The molecule has 0 aliphatic carbocycles. The highest BCUT2D eigenvalue weighted by atomic mass is 19.4. The van der Waals surface area contributed by atoms with Crippen LogP contribution in [0.25, 0.3) is 16.8 Å². The quantitative estimate of drug-likeness (QED) is 0.359. The molecule has 0 atom stereocenters. The Bertz CT molecular complexity index is 1180. The first-order chi connectivity index (χ1) is 15.2. The van der Waals surface area contributed by atoms with Gasteiger partial charge in [0.2, 0.25) is 0 Å². The predicted molar refractivity (Wildman–Crippen MR) is 112 cm³/mol. The zero-order valence-electron chi connectivity index (χ0n) is 17.0. The van der Waals surface area contributed by atoms with E-state index in [4.69, 9.17) is 9.93 Å². The van der Waals surface area contributed by atoms with Crippen LogP contribution in [-0.4, -0.2) is 30.5 Å². The van der Waals surface area contributed by atoms with E-state index in [1.807, 2.05) is 6.92 Å². The molecule has 166 valence electrons. The van der Waals surface area contributed by atoms with Crippen molar-refractivity contribution in [3.8, 4) is 11.3 Å². The number of hydrogen-bond acceptors (Lipinski definition) is 5. The number of aromatic nitrogens is 1. The SMILES string of the molecule is CNC(=O)c1c(-c2ccc(C)cc2)noc1/C(C=N)=C(/Nc1cccc(F)c1)C(F)(F)F. The Morgan fingerprint density at radius 1 is 1.16 bits per heavy atom. The molecule has 0 saturated heterocycles. The minimum absolute atomic E-state index is 0.0194. The highest BCUT2D eigenvalue weighted by molar-refractivity contribution is 6.15. The maximum atomic E-state index is 13.9. The summed E-state index contributed by atoms with van der Waals surface area (Å²) in [7, 11) is 1.31. The minimum atomic E-state index is -4.99. The average molecular weight is 446 g/mol. The van der Waals surface area contributed by atoms with Crippen LogP contribution in [0.1, 0.15) is 21.7 Å². The van der Waals surface area contributed by atoms with E-state index in [0.717, 1.165) is 17.7 Å². The summed E-state index contributed by atoms with van der Waals surface area (Å²) < 4.78 is 60.5. The van der Waals surface area contributed by atoms with Crippen molar-refractivity contribution in [3.63, 3.8) is 0 Å². The van der Waals surface area contributed by atoms with E-state index >= 15 is 0 Å². The highest BCUT2D eigenvalue weighted by Crippen LogP contribution is 2.36. The molecule has 0 fully saturated rings. The summed E-state index contributed by atoms with van der Waals surface area (Å²) in [5.41, 5.74) is -1.25. The standard InChI is InChI=1S/C22H18F4N4O2/c1-12-6-8-13(9-7-12)18-17(21(31)28-2)19(32-30-18)16(11-27)20(22(24,25)26)29-15-5-3-4-14(23)10-15/h3-11,27,29H,1-2H3,(H,28,31)/b20-16+,27-11?. The Balaban J connectivity index is 2.24. The van der Waals surface area contributed by atoms with Gasteiger partial charge in [0.05, 0.1) is 5.57 Å². The summed E-state index contributed by atoms with van der Waals surface area (Å²) in [6.07, 6.45) is -4.59. The lowest BCUT2D eigenvalue weighted by Crippen LogP contribution is -2.23. The third-order valence-electron chi connectivity index (χ3n) is 4.51. The summed E-state index contributed by atoms with van der Waals surface area (Å²) in [4.78, 5) is 12.6. The number of aryl methyl sites for hydroxylation is 1. The number of halogens is 4. The average Bonchev–Trinajstić information content (AvgIpc) is 3.18. The van der Waals surface area contributed by atoms with Crippen LogP contribution in [0.3, 0.4) is 0 Å². The van der Waals surface area contributed by atoms with Gasteiger partial charge in [-0.1, -0.05) is 41.1 Å². The maximum Gasteiger partial charge on any atom is 0.432 e. The van der Waals surface area contributed by atoms with Crippen LogP contribution in [0.4, 0.5) is 23.2 Å². The van der Waals surface area contributed by atoms with Crippen LogP contribution in [0.15, 0.2) is 58.8 Å². The molecule has 32 heavy (non-hydrogen) atoms. The number of nitrogens with one attached hydrogen (secondary N) is 3. The topological polar surface area (TPSA) is 91.0 Å². The molecule has 3 rings (SSSR count). The van der Waals surface area contributed by atoms with Crippen LogP contribution in [-0.2, 0) is 0 Å². The molecule has 0 aliphatic rings. The highest BCUT2D eigenvalue weighted by Gasteiger charge is 2.39. The maximum absolute atomic E-state index is 13.9. The van der Waals surface area contributed by atoms with Gasteiger partial charge in [0.1, 0.15) is 22.8 Å². The number of hydrogen-bond donors (Lipinski definition) is 3. The third kappa shape index (κ3) is 4.69. The molecule has 0 aliphatic heterocycles. The molecule has 0 saturated carbocycles. The number of amides is 1. The van der Waals surface area contributed by atoms with Crippen LogP contribution >= 0.6 is 0 Å². The molecular formula is C22H18F4N4O2. The van der Waals surface area contributed by atoms with Crippen molar-refractivity contribution in [1.82, 2.24) is 10.5 Å². The molecule has 0 bridgehead atoms. The fraction of sp³-hybridized carbons (Fsp3) is 0.136. The summed E-state index contributed by atoms with van der Waals surface area (Å²) in [6, 6.07) is 11.2. The Morgan fingerprint density at radius 3 is 2.41 bits per heavy atom. The van der Waals surface area contributed by atoms with Gasteiger partial charge in [0.15, 0.2) is 5.76 Å². The van der Waals surface area contributed by atoms with E-state index in [-0.39, 0.29) is 16.9 Å². The second kappa shape index (κ2) is 9.04. The number of carbonyl (C=O) groups is 1. The largest absolute Gasteiger partial charge is 0.432 e. The lowest BCUT2D eigenvalue weighted by Gasteiger charge is -2.17. The first kappa shape index (κ1) is 22.7. The molecular weight excluding hydrogens is 428 g/mol. The van der Waals surface area contributed by atoms with Crippen molar-refractivity contribution in [2.24, 2.45) is 0 Å². The zero-order valence-corrected chi connectivity index (χ0v) is 17.0. The number of nitrogens with zero attached hydrogens (tertiary/aromatic N) is 1. The monoisotopic (exact) mass is 446 g/mol. The lowest BCUT2D eigenvalue weighted by atomic mass is 10.00. The van der Waals surface area contributed by atoms with Gasteiger partial charge in [-0.15, -0.1) is 0 Å². The van der Waals surface area contributed by atoms with Crippen molar-refractivity contribution < 1.29 is 26.9 Å². The molecule has 2 aromatic carbocycles. The summed E-state index contributed by atoms with van der Waals surface area (Å²) >= 11 is 0. The van der Waals surface area contributed by atoms with Crippen molar-refractivity contribution >= 4 is 23.4 Å². The van der Waals surface area contributed by atoms with Gasteiger partial charge in [-0.05, 0) is 25.1 Å². The van der Waals surface area contributed by atoms with E-state index < -0.39 is 34.9 Å². The Kier molecular flexibility index (Phi) is 6.42. The molecule has 3 aromatic rings. The van der Waals surface area contributed by atoms with Gasteiger partial charge in [0, 0.05) is 24.5 Å². The molecule has 0 unspecified atom stereocenters. The van der Waals surface area contributed by atoms with Crippen molar-refractivity contribution in [2.45, 2.75) is 13.1 Å². The van der Waals surface area contributed by atoms with Gasteiger partial charge in [-0.3, -0.25) is 4.79 Å². The molecule has 1 aromatic heterocycles. The summed E-state index contributed by atoms with van der Waals surface area (Å²) in [5, 5.41) is 15.9. The zero-order chi connectivity index (χ0) is 23.5. The molecule has 0 spiro atoms. The van der Waals surface area contributed by atoms with Crippen LogP contribution < -0.4 is 10.6 Å². The lowest BCUT2D eigenvalue weighted by molar-refractivity contribution is -0.0896. The summed E-state index contributed by atoms with van der Waals surface area (Å²) in [5.74, 6) is -2.05. The molecule has 0 radical (unpaired) electrons. The van der Waals surface area contributed by atoms with Crippen molar-refractivity contribution in [3.05, 3.63) is 76.9 Å². The Morgan fingerprint density at radius 2 is 1.84 bits per heavy atom. The van der Waals surface area contributed by atoms with E-state index in [0.29, 0.717) is 11.8 Å². The van der Waals surface area contributed by atoms with Crippen LogP contribution in [0.2, 0.25) is 0 Å². The number of benzene rings is 2. The van der Waals surface area contributed by atoms with Gasteiger partial charge >= 0.3 is 6.18 Å². The molecule has 6 nitrogen and oxygen atoms in total. The normalized spacial score (nSPS) is 12.2. The Hall–Kier alpha value is -3.95. The number of rotatable bonds is 6. The predicted octanol–water partition coefficient (Wildman–Crippen LogP) is 5.18. The Labute approximate surface area is 180 Å². The first-order valence-corrected chi connectivity index (χ1v) is 9.29. The molecule has 10 heteroatoms. The smallest absolute Gasteiger partial charge is 0.355 e. The third-order valence-corrected chi connectivity index (χ3v) is 4.51. The van der Waals surface area contributed by atoms with Gasteiger partial charge in [0.25, 0.3) is 5.91 Å². The molecule has 1 heterocycles. The van der Waals surface area contributed by atoms with E-state index in [2.05, 4.69) is 15.8 Å². The number of alkyl halides is 3. The first-order valence-electron chi connectivity index (χ1n) is 9.29.